The van der Waals surface area contributed by atoms with Gasteiger partial charge in [0.15, 0.2) is 5.82 Å². The SMILES string of the molecule is CCc1nc2ccc(-c3ccc(=O)[nH]n3)cc2n1Cc1ccc(-c2ccccc2-c2nnn[nH]2)cc1. The molecule has 0 aliphatic carbocycles. The largest absolute Gasteiger partial charge is 0.323 e. The highest BCUT2D eigenvalue weighted by atomic mass is 16.1. The van der Waals surface area contributed by atoms with E-state index in [9.17, 15) is 4.79 Å². The maximum absolute atomic E-state index is 11.4. The van der Waals surface area contributed by atoms with Crippen LogP contribution in [0.15, 0.2) is 83.7 Å². The van der Waals surface area contributed by atoms with Crippen molar-refractivity contribution < 1.29 is 0 Å². The van der Waals surface area contributed by atoms with Gasteiger partial charge in [-0.2, -0.15) is 5.10 Å². The fourth-order valence-electron chi connectivity index (χ4n) is 4.47. The summed E-state index contributed by atoms with van der Waals surface area (Å²) in [6, 6.07) is 25.9. The number of tetrazole rings is 1. The van der Waals surface area contributed by atoms with Crippen molar-refractivity contribution in [1.82, 2.24) is 40.4 Å². The molecule has 0 bridgehead atoms. The highest BCUT2D eigenvalue weighted by molar-refractivity contribution is 5.82. The number of imidazole rings is 1. The van der Waals surface area contributed by atoms with Gasteiger partial charge in [-0.3, -0.25) is 4.79 Å². The second-order valence-electron chi connectivity index (χ2n) is 8.47. The number of benzene rings is 3. The average molecular weight is 475 g/mol. The first kappa shape index (κ1) is 21.6. The van der Waals surface area contributed by atoms with Gasteiger partial charge in [0.2, 0.25) is 0 Å². The third kappa shape index (κ3) is 3.96. The third-order valence-corrected chi connectivity index (χ3v) is 6.25. The van der Waals surface area contributed by atoms with E-state index >= 15 is 0 Å². The maximum atomic E-state index is 11.4. The minimum absolute atomic E-state index is 0.221. The minimum atomic E-state index is -0.221. The summed E-state index contributed by atoms with van der Waals surface area (Å²) in [5, 5.41) is 21.0. The Labute approximate surface area is 205 Å². The topological polar surface area (TPSA) is 118 Å². The number of H-pyrrole nitrogens is 2. The van der Waals surface area contributed by atoms with E-state index in [1.54, 1.807) is 6.07 Å². The molecule has 9 nitrogen and oxygen atoms in total. The molecule has 6 aromatic rings. The van der Waals surface area contributed by atoms with Gasteiger partial charge in [0.25, 0.3) is 5.56 Å². The Hall–Kier alpha value is -4.92. The molecule has 0 fully saturated rings. The molecule has 0 aliphatic heterocycles. The zero-order valence-corrected chi connectivity index (χ0v) is 19.5. The highest BCUT2D eigenvalue weighted by Gasteiger charge is 2.13. The molecule has 0 saturated carbocycles. The van der Waals surface area contributed by atoms with Crippen LogP contribution in [0.25, 0.3) is 44.8 Å². The Morgan fingerprint density at radius 2 is 1.67 bits per heavy atom. The van der Waals surface area contributed by atoms with Crippen LogP contribution in [0, 0.1) is 0 Å². The standard InChI is InChI=1S/C27H22N8O/c1-2-25-28-23-12-11-19(22-13-14-26(36)30-29-22)15-24(23)35(25)16-17-7-9-18(10-8-17)20-5-3-4-6-21(20)27-31-33-34-32-27/h3-15H,2,16H2,1H3,(H,30,36)(H,31,32,33,34). The van der Waals surface area contributed by atoms with Crippen LogP contribution >= 0.6 is 0 Å². The monoisotopic (exact) mass is 474 g/mol. The molecule has 0 aliphatic rings. The molecule has 9 heteroatoms. The molecule has 3 aromatic carbocycles. The summed E-state index contributed by atoms with van der Waals surface area (Å²) in [7, 11) is 0. The lowest BCUT2D eigenvalue weighted by Gasteiger charge is -2.11. The molecule has 176 valence electrons. The van der Waals surface area contributed by atoms with E-state index in [1.165, 1.54) is 11.6 Å². The predicted octanol–water partition coefficient (Wildman–Crippen LogP) is 4.24. The Morgan fingerprint density at radius 1 is 0.861 bits per heavy atom. The zero-order chi connectivity index (χ0) is 24.5. The van der Waals surface area contributed by atoms with Crippen LogP contribution in [0.5, 0.6) is 0 Å². The summed E-state index contributed by atoms with van der Waals surface area (Å²) in [5.41, 5.74) is 7.65. The molecule has 3 aromatic heterocycles. The fraction of sp³-hybridized carbons (Fsp3) is 0.111. The summed E-state index contributed by atoms with van der Waals surface area (Å²) in [5.74, 6) is 1.66. The summed E-state index contributed by atoms with van der Waals surface area (Å²) < 4.78 is 2.24. The Balaban J connectivity index is 1.35. The number of nitrogens with zero attached hydrogens (tertiary/aromatic N) is 6. The van der Waals surface area contributed by atoms with E-state index < -0.39 is 0 Å². The molecule has 36 heavy (non-hydrogen) atoms. The molecular formula is C27H22N8O. The summed E-state index contributed by atoms with van der Waals surface area (Å²) >= 11 is 0. The average Bonchev–Trinajstić information content (AvgIpc) is 3.58. The van der Waals surface area contributed by atoms with Gasteiger partial charge in [-0.25, -0.2) is 15.2 Å². The molecule has 6 rings (SSSR count). The van der Waals surface area contributed by atoms with Crippen LogP contribution in [-0.4, -0.2) is 40.4 Å². The van der Waals surface area contributed by atoms with Gasteiger partial charge in [-0.05, 0) is 45.3 Å². The van der Waals surface area contributed by atoms with Crippen molar-refractivity contribution in [2.24, 2.45) is 0 Å². The van der Waals surface area contributed by atoms with Crippen LogP contribution < -0.4 is 5.56 Å². The molecule has 0 unspecified atom stereocenters. The number of hydrogen-bond acceptors (Lipinski definition) is 6. The lowest BCUT2D eigenvalue weighted by atomic mass is 9.98. The number of rotatable bonds is 6. The molecule has 0 saturated heterocycles. The van der Waals surface area contributed by atoms with Crippen molar-refractivity contribution in [3.8, 4) is 33.8 Å². The van der Waals surface area contributed by atoms with Crippen LogP contribution in [-0.2, 0) is 13.0 Å². The van der Waals surface area contributed by atoms with Crippen molar-refractivity contribution in [2.45, 2.75) is 19.9 Å². The fourth-order valence-corrected chi connectivity index (χ4v) is 4.47. The number of nitrogens with one attached hydrogen (secondary N) is 2. The lowest BCUT2D eigenvalue weighted by Crippen LogP contribution is -2.06. The molecule has 0 spiro atoms. The smallest absolute Gasteiger partial charge is 0.264 e. The predicted molar refractivity (Wildman–Crippen MR) is 137 cm³/mol. The molecular weight excluding hydrogens is 452 g/mol. The van der Waals surface area contributed by atoms with Gasteiger partial charge in [-0.15, -0.1) is 5.10 Å². The van der Waals surface area contributed by atoms with E-state index in [-0.39, 0.29) is 5.56 Å². The second kappa shape index (κ2) is 9.03. The minimum Gasteiger partial charge on any atom is -0.323 e. The maximum Gasteiger partial charge on any atom is 0.264 e. The van der Waals surface area contributed by atoms with Crippen molar-refractivity contribution in [2.75, 3.05) is 0 Å². The zero-order valence-electron chi connectivity index (χ0n) is 19.5. The Bertz CT molecular complexity index is 1700. The van der Waals surface area contributed by atoms with E-state index in [0.717, 1.165) is 45.5 Å². The Kier molecular flexibility index (Phi) is 5.42. The van der Waals surface area contributed by atoms with Crippen LogP contribution in [0.2, 0.25) is 0 Å². The molecule has 2 N–H and O–H groups in total. The number of hydrogen-bond donors (Lipinski definition) is 2. The summed E-state index contributed by atoms with van der Waals surface area (Å²) in [6.07, 6.45) is 0.817. The first-order valence-electron chi connectivity index (χ1n) is 11.7. The van der Waals surface area contributed by atoms with Crippen molar-refractivity contribution in [1.29, 1.82) is 0 Å². The Morgan fingerprint density at radius 3 is 2.39 bits per heavy atom. The van der Waals surface area contributed by atoms with E-state index in [1.807, 2.05) is 30.3 Å². The van der Waals surface area contributed by atoms with Gasteiger partial charge in [0.05, 0.1) is 16.7 Å². The summed E-state index contributed by atoms with van der Waals surface area (Å²) in [4.78, 5) is 16.3. The first-order chi connectivity index (χ1) is 17.7. The van der Waals surface area contributed by atoms with Crippen LogP contribution in [0.1, 0.15) is 18.3 Å². The van der Waals surface area contributed by atoms with Crippen molar-refractivity contribution in [3.63, 3.8) is 0 Å². The van der Waals surface area contributed by atoms with Crippen molar-refractivity contribution in [3.05, 3.63) is 101 Å². The highest BCUT2D eigenvalue weighted by Crippen LogP contribution is 2.30. The van der Waals surface area contributed by atoms with Crippen LogP contribution in [0.3, 0.4) is 0 Å². The van der Waals surface area contributed by atoms with Gasteiger partial charge < -0.3 is 4.57 Å². The van der Waals surface area contributed by atoms with E-state index in [2.05, 4.69) is 78.7 Å². The number of aryl methyl sites for hydroxylation is 1. The van der Waals surface area contributed by atoms with Gasteiger partial charge in [-0.1, -0.05) is 61.5 Å². The van der Waals surface area contributed by atoms with Crippen molar-refractivity contribution >= 4 is 11.0 Å². The summed E-state index contributed by atoms with van der Waals surface area (Å²) in [6.45, 7) is 2.80. The first-order valence-corrected chi connectivity index (χ1v) is 11.7. The van der Waals surface area contributed by atoms with Gasteiger partial charge in [0, 0.05) is 30.2 Å². The normalized spacial score (nSPS) is 11.2. The molecule has 0 radical (unpaired) electrons. The molecule has 0 amide bonds. The number of aromatic amines is 2. The quantitative estimate of drug-likeness (QED) is 0.373. The lowest BCUT2D eigenvalue weighted by molar-refractivity contribution is 0.753. The third-order valence-electron chi connectivity index (χ3n) is 6.25. The molecule has 3 heterocycles. The van der Waals surface area contributed by atoms with Crippen LogP contribution in [0.4, 0.5) is 0 Å². The number of aromatic nitrogens is 8. The van der Waals surface area contributed by atoms with E-state index in [0.29, 0.717) is 18.1 Å². The molecule has 0 atom stereocenters. The second-order valence-corrected chi connectivity index (χ2v) is 8.47. The number of fused-ring (bicyclic) bond motifs is 1. The van der Waals surface area contributed by atoms with Gasteiger partial charge >= 0.3 is 0 Å². The van der Waals surface area contributed by atoms with E-state index in [4.69, 9.17) is 4.98 Å². The van der Waals surface area contributed by atoms with Gasteiger partial charge in [0.1, 0.15) is 5.82 Å².